The van der Waals surface area contributed by atoms with Gasteiger partial charge in [0, 0.05) is 74.5 Å². The molecular formula is C27H30N6. The third kappa shape index (κ3) is 4.61. The SMILES string of the molecule is CN1CCN(c2cccc(Nc3ncc4cccc(-c5ccc(N(C)C)cc5)c4n3)c2)CC1. The van der Waals surface area contributed by atoms with Crippen LogP contribution in [-0.2, 0) is 0 Å². The lowest BCUT2D eigenvalue weighted by Crippen LogP contribution is -2.44. The van der Waals surface area contributed by atoms with E-state index in [2.05, 4.69) is 113 Å². The van der Waals surface area contributed by atoms with Gasteiger partial charge in [-0.3, -0.25) is 0 Å². The van der Waals surface area contributed by atoms with Crippen molar-refractivity contribution in [3.63, 3.8) is 0 Å². The second kappa shape index (κ2) is 9.08. The van der Waals surface area contributed by atoms with Gasteiger partial charge in [0.25, 0.3) is 0 Å². The van der Waals surface area contributed by atoms with Gasteiger partial charge in [0.05, 0.1) is 5.52 Å². The summed E-state index contributed by atoms with van der Waals surface area (Å²) < 4.78 is 0. The van der Waals surface area contributed by atoms with Crippen molar-refractivity contribution < 1.29 is 0 Å². The van der Waals surface area contributed by atoms with Crippen molar-refractivity contribution in [2.75, 3.05) is 62.4 Å². The topological polar surface area (TPSA) is 47.5 Å². The van der Waals surface area contributed by atoms with E-state index in [-0.39, 0.29) is 0 Å². The minimum Gasteiger partial charge on any atom is -0.378 e. The van der Waals surface area contributed by atoms with E-state index in [4.69, 9.17) is 4.98 Å². The van der Waals surface area contributed by atoms with Crippen molar-refractivity contribution in [3.8, 4) is 11.1 Å². The number of benzene rings is 3. The first-order valence-electron chi connectivity index (χ1n) is 11.4. The van der Waals surface area contributed by atoms with E-state index in [9.17, 15) is 0 Å². The number of piperazine rings is 1. The van der Waals surface area contributed by atoms with Gasteiger partial charge >= 0.3 is 0 Å². The highest BCUT2D eigenvalue weighted by molar-refractivity contribution is 5.94. The van der Waals surface area contributed by atoms with Gasteiger partial charge in [-0.2, -0.15) is 0 Å². The van der Waals surface area contributed by atoms with Gasteiger partial charge in [-0.05, 0) is 42.9 Å². The van der Waals surface area contributed by atoms with Crippen LogP contribution in [0.1, 0.15) is 0 Å². The molecule has 1 saturated heterocycles. The molecule has 0 radical (unpaired) electrons. The number of nitrogens with one attached hydrogen (secondary N) is 1. The molecule has 1 aliphatic heterocycles. The molecule has 0 atom stereocenters. The van der Waals surface area contributed by atoms with Gasteiger partial charge in [-0.1, -0.05) is 36.4 Å². The summed E-state index contributed by atoms with van der Waals surface area (Å²) in [7, 11) is 6.28. The average molecular weight is 439 g/mol. The van der Waals surface area contributed by atoms with Gasteiger partial charge in [0.2, 0.25) is 5.95 Å². The van der Waals surface area contributed by atoms with Crippen LogP contribution >= 0.6 is 0 Å². The molecule has 3 aromatic carbocycles. The number of fused-ring (bicyclic) bond motifs is 1. The van der Waals surface area contributed by atoms with E-state index in [0.717, 1.165) is 53.9 Å². The Morgan fingerprint density at radius 1 is 0.879 bits per heavy atom. The zero-order chi connectivity index (χ0) is 22.8. The lowest BCUT2D eigenvalue weighted by atomic mass is 10.0. The Labute approximate surface area is 195 Å². The second-order valence-electron chi connectivity index (χ2n) is 8.84. The van der Waals surface area contributed by atoms with Crippen molar-refractivity contribution >= 4 is 33.9 Å². The number of para-hydroxylation sites is 1. The molecule has 2 heterocycles. The normalized spacial score (nSPS) is 14.5. The molecule has 0 aliphatic carbocycles. The first-order chi connectivity index (χ1) is 16.1. The van der Waals surface area contributed by atoms with Crippen LogP contribution in [0.5, 0.6) is 0 Å². The Balaban J connectivity index is 1.43. The van der Waals surface area contributed by atoms with Gasteiger partial charge < -0.3 is 20.0 Å². The Morgan fingerprint density at radius 2 is 1.64 bits per heavy atom. The molecule has 6 nitrogen and oxygen atoms in total. The van der Waals surface area contributed by atoms with Crippen LogP contribution in [0, 0.1) is 0 Å². The fourth-order valence-corrected chi connectivity index (χ4v) is 4.26. The van der Waals surface area contributed by atoms with E-state index in [1.165, 1.54) is 11.4 Å². The highest BCUT2D eigenvalue weighted by atomic mass is 15.2. The van der Waals surface area contributed by atoms with Crippen LogP contribution in [0.25, 0.3) is 22.0 Å². The van der Waals surface area contributed by atoms with E-state index in [1.54, 1.807) is 0 Å². The summed E-state index contributed by atoms with van der Waals surface area (Å²) in [6.07, 6.45) is 1.90. The standard InChI is InChI=1S/C27H30N6/c1-31(2)23-12-10-20(11-13-23)25-9-4-6-21-19-28-27(30-26(21)25)29-22-7-5-8-24(18-22)33-16-14-32(3)15-17-33/h4-13,18-19H,14-17H2,1-3H3,(H,28,29,30). The zero-order valence-electron chi connectivity index (χ0n) is 19.5. The molecule has 0 bridgehead atoms. The van der Waals surface area contributed by atoms with Crippen molar-refractivity contribution in [3.05, 3.63) is 72.9 Å². The highest BCUT2D eigenvalue weighted by Crippen LogP contribution is 2.30. The minimum absolute atomic E-state index is 0.607. The molecule has 168 valence electrons. The number of rotatable bonds is 5. The Morgan fingerprint density at radius 3 is 2.39 bits per heavy atom. The van der Waals surface area contributed by atoms with Crippen LogP contribution in [0.15, 0.2) is 72.9 Å². The molecule has 1 aromatic heterocycles. The average Bonchev–Trinajstić information content (AvgIpc) is 2.84. The Hall–Kier alpha value is -3.64. The first-order valence-corrected chi connectivity index (χ1v) is 11.4. The quantitative estimate of drug-likeness (QED) is 0.480. The molecule has 0 unspecified atom stereocenters. The van der Waals surface area contributed by atoms with Gasteiger partial charge in [-0.15, -0.1) is 0 Å². The van der Waals surface area contributed by atoms with E-state index in [1.807, 2.05) is 6.20 Å². The van der Waals surface area contributed by atoms with Crippen molar-refractivity contribution in [2.24, 2.45) is 0 Å². The third-order valence-electron chi connectivity index (χ3n) is 6.28. The molecule has 4 aromatic rings. The Kier molecular flexibility index (Phi) is 5.84. The van der Waals surface area contributed by atoms with E-state index in [0.29, 0.717) is 5.95 Å². The summed E-state index contributed by atoms with van der Waals surface area (Å²) >= 11 is 0. The van der Waals surface area contributed by atoms with Crippen molar-refractivity contribution in [1.29, 1.82) is 0 Å². The van der Waals surface area contributed by atoms with Crippen molar-refractivity contribution in [1.82, 2.24) is 14.9 Å². The summed E-state index contributed by atoms with van der Waals surface area (Å²) in [5, 5.41) is 4.45. The Bertz CT molecular complexity index is 1240. The van der Waals surface area contributed by atoms with Crippen LogP contribution in [0.3, 0.4) is 0 Å². The molecule has 1 aliphatic rings. The molecule has 0 saturated carbocycles. The molecule has 0 spiro atoms. The third-order valence-corrected chi connectivity index (χ3v) is 6.28. The maximum atomic E-state index is 4.90. The minimum atomic E-state index is 0.607. The van der Waals surface area contributed by atoms with Gasteiger partial charge in [0.15, 0.2) is 0 Å². The van der Waals surface area contributed by atoms with Crippen LogP contribution in [0.2, 0.25) is 0 Å². The molecule has 33 heavy (non-hydrogen) atoms. The maximum Gasteiger partial charge on any atom is 0.227 e. The van der Waals surface area contributed by atoms with E-state index < -0.39 is 0 Å². The van der Waals surface area contributed by atoms with Gasteiger partial charge in [-0.25, -0.2) is 9.97 Å². The lowest BCUT2D eigenvalue weighted by Gasteiger charge is -2.34. The zero-order valence-corrected chi connectivity index (χ0v) is 19.5. The molecule has 6 heteroatoms. The number of anilines is 4. The summed E-state index contributed by atoms with van der Waals surface area (Å²) in [5.41, 5.74) is 6.61. The number of hydrogen-bond acceptors (Lipinski definition) is 6. The van der Waals surface area contributed by atoms with Crippen LogP contribution in [0.4, 0.5) is 23.0 Å². The van der Waals surface area contributed by atoms with Gasteiger partial charge in [0.1, 0.15) is 0 Å². The number of aromatic nitrogens is 2. The fraction of sp³-hybridized carbons (Fsp3) is 0.259. The fourth-order valence-electron chi connectivity index (χ4n) is 4.26. The highest BCUT2D eigenvalue weighted by Gasteiger charge is 2.15. The molecule has 1 N–H and O–H groups in total. The second-order valence-corrected chi connectivity index (χ2v) is 8.84. The summed E-state index contributed by atoms with van der Waals surface area (Å²) in [4.78, 5) is 16.4. The maximum absolute atomic E-state index is 4.90. The number of nitrogens with zero attached hydrogens (tertiary/aromatic N) is 5. The number of likely N-dealkylation sites (N-methyl/N-ethyl adjacent to an activating group) is 1. The summed E-state index contributed by atoms with van der Waals surface area (Å²) in [5.74, 6) is 0.607. The van der Waals surface area contributed by atoms with Crippen LogP contribution in [-0.4, -0.2) is 62.2 Å². The monoisotopic (exact) mass is 438 g/mol. The predicted molar refractivity (Wildman–Crippen MR) is 139 cm³/mol. The molecule has 1 fully saturated rings. The lowest BCUT2D eigenvalue weighted by molar-refractivity contribution is 0.313. The molecule has 5 rings (SSSR count). The van der Waals surface area contributed by atoms with E-state index >= 15 is 0 Å². The first kappa shape index (κ1) is 21.2. The summed E-state index contributed by atoms with van der Waals surface area (Å²) in [6.45, 7) is 4.26. The molecule has 0 amide bonds. The predicted octanol–water partition coefficient (Wildman–Crippen LogP) is 4.86. The smallest absolute Gasteiger partial charge is 0.227 e. The number of hydrogen-bond donors (Lipinski definition) is 1. The summed E-state index contributed by atoms with van der Waals surface area (Å²) in [6, 6.07) is 23.3. The molecular weight excluding hydrogens is 408 g/mol. The largest absolute Gasteiger partial charge is 0.378 e. The van der Waals surface area contributed by atoms with Crippen LogP contribution < -0.4 is 15.1 Å². The van der Waals surface area contributed by atoms with Crippen molar-refractivity contribution in [2.45, 2.75) is 0 Å².